The van der Waals surface area contributed by atoms with E-state index in [1.165, 1.54) is 5.56 Å². The van der Waals surface area contributed by atoms with Gasteiger partial charge in [0.05, 0.1) is 19.2 Å². The number of carboxylic acids is 1. The molecule has 1 unspecified atom stereocenters. The number of carbonyl (C=O) groups is 1. The summed E-state index contributed by atoms with van der Waals surface area (Å²) in [4.78, 5) is 11.2. The smallest absolute Gasteiger partial charge is 0.307 e. The normalized spacial score (nSPS) is 11.9. The lowest BCUT2D eigenvalue weighted by atomic mass is 9.91. The zero-order valence-corrected chi connectivity index (χ0v) is 19.7. The van der Waals surface area contributed by atoms with Crippen molar-refractivity contribution in [3.8, 4) is 28.2 Å². The SMILES string of the molecule is COc1ccc(CC(C)Cc2c(C)noc2-c2ccc(-c3ccccc3CC(=O)O)cc2)cc1. The molecule has 5 nitrogen and oxygen atoms in total. The number of carboxylic acid groups (broad SMARTS) is 1. The molecule has 0 bridgehead atoms. The zero-order chi connectivity index (χ0) is 24.1. The Kier molecular flexibility index (Phi) is 7.12. The molecule has 1 atom stereocenters. The Hall–Kier alpha value is -3.86. The van der Waals surface area contributed by atoms with Crippen LogP contribution in [0.15, 0.2) is 77.3 Å². The molecular weight excluding hydrogens is 426 g/mol. The van der Waals surface area contributed by atoms with Gasteiger partial charge in [-0.05, 0) is 60.1 Å². The third kappa shape index (κ3) is 5.37. The average Bonchev–Trinajstić information content (AvgIpc) is 3.19. The number of nitrogens with zero attached hydrogens (tertiary/aromatic N) is 1. The number of aromatic nitrogens is 1. The van der Waals surface area contributed by atoms with Gasteiger partial charge >= 0.3 is 5.97 Å². The summed E-state index contributed by atoms with van der Waals surface area (Å²) >= 11 is 0. The first-order valence-corrected chi connectivity index (χ1v) is 11.4. The van der Waals surface area contributed by atoms with Crippen LogP contribution in [0.3, 0.4) is 0 Å². The van der Waals surface area contributed by atoms with Crippen molar-refractivity contribution in [3.05, 3.63) is 95.2 Å². The maximum Gasteiger partial charge on any atom is 0.307 e. The Morgan fingerprint density at radius 1 is 0.971 bits per heavy atom. The van der Waals surface area contributed by atoms with Gasteiger partial charge in [0.15, 0.2) is 5.76 Å². The molecule has 0 aliphatic heterocycles. The fraction of sp³-hybridized carbons (Fsp3) is 0.241. The van der Waals surface area contributed by atoms with Gasteiger partial charge in [-0.25, -0.2) is 0 Å². The molecule has 34 heavy (non-hydrogen) atoms. The molecular formula is C29H29NO4. The fourth-order valence-electron chi connectivity index (χ4n) is 4.36. The highest BCUT2D eigenvalue weighted by Crippen LogP contribution is 2.32. The highest BCUT2D eigenvalue weighted by atomic mass is 16.5. The van der Waals surface area contributed by atoms with Crippen molar-refractivity contribution in [1.82, 2.24) is 5.16 Å². The number of aliphatic carboxylic acids is 1. The van der Waals surface area contributed by atoms with Crippen molar-refractivity contribution in [2.45, 2.75) is 33.1 Å². The topological polar surface area (TPSA) is 72.6 Å². The van der Waals surface area contributed by atoms with Crippen LogP contribution in [0, 0.1) is 12.8 Å². The number of ether oxygens (including phenoxy) is 1. The molecule has 0 spiro atoms. The summed E-state index contributed by atoms with van der Waals surface area (Å²) < 4.78 is 11.0. The lowest BCUT2D eigenvalue weighted by Gasteiger charge is -2.13. The number of methoxy groups -OCH3 is 1. The molecule has 0 radical (unpaired) electrons. The lowest BCUT2D eigenvalue weighted by Crippen LogP contribution is -2.05. The third-order valence-electron chi connectivity index (χ3n) is 6.10. The minimum absolute atomic E-state index is 0.00451. The van der Waals surface area contributed by atoms with Crippen molar-refractivity contribution < 1.29 is 19.2 Å². The summed E-state index contributed by atoms with van der Waals surface area (Å²) in [7, 11) is 1.68. The Labute approximate surface area is 200 Å². The van der Waals surface area contributed by atoms with Gasteiger partial charge in [0, 0.05) is 11.1 Å². The molecule has 3 aromatic carbocycles. The van der Waals surface area contributed by atoms with Crippen molar-refractivity contribution in [2.24, 2.45) is 5.92 Å². The van der Waals surface area contributed by atoms with Gasteiger partial charge in [0.1, 0.15) is 5.75 Å². The van der Waals surface area contributed by atoms with Crippen LogP contribution in [0.2, 0.25) is 0 Å². The van der Waals surface area contributed by atoms with Crippen molar-refractivity contribution >= 4 is 5.97 Å². The fourth-order valence-corrected chi connectivity index (χ4v) is 4.36. The number of aryl methyl sites for hydroxylation is 1. The van der Waals surface area contributed by atoms with Gasteiger partial charge in [-0.15, -0.1) is 0 Å². The quantitative estimate of drug-likeness (QED) is 0.317. The third-order valence-corrected chi connectivity index (χ3v) is 6.10. The first kappa shape index (κ1) is 23.3. The molecule has 4 aromatic rings. The standard InChI is InChI=1S/C29H29NO4/c1-19(16-21-8-14-25(33-3)15-9-21)17-27-20(2)30-34-29(27)23-12-10-22(11-13-23)26-7-5-4-6-24(26)18-28(31)32/h4-15,19H,16-18H2,1-3H3,(H,31,32). The van der Waals surface area contributed by atoms with Crippen LogP contribution in [0.1, 0.15) is 29.3 Å². The van der Waals surface area contributed by atoms with Crippen LogP contribution < -0.4 is 4.74 Å². The Morgan fingerprint density at radius 2 is 1.65 bits per heavy atom. The van der Waals surface area contributed by atoms with Crippen LogP contribution in [-0.2, 0) is 24.1 Å². The molecule has 0 amide bonds. The molecule has 1 heterocycles. The number of hydrogen-bond donors (Lipinski definition) is 1. The van der Waals surface area contributed by atoms with E-state index >= 15 is 0 Å². The Bertz CT molecular complexity index is 1260. The van der Waals surface area contributed by atoms with Crippen LogP contribution in [0.5, 0.6) is 5.75 Å². The number of rotatable bonds is 9. The molecule has 0 aliphatic rings. The summed E-state index contributed by atoms with van der Waals surface area (Å²) in [6, 6.07) is 23.9. The first-order valence-electron chi connectivity index (χ1n) is 11.4. The van der Waals surface area contributed by atoms with Crippen LogP contribution in [0.4, 0.5) is 0 Å². The van der Waals surface area contributed by atoms with E-state index in [0.29, 0.717) is 5.92 Å². The molecule has 1 N–H and O–H groups in total. The largest absolute Gasteiger partial charge is 0.497 e. The lowest BCUT2D eigenvalue weighted by molar-refractivity contribution is -0.136. The van der Waals surface area contributed by atoms with E-state index in [1.807, 2.05) is 67.6 Å². The minimum atomic E-state index is -0.838. The molecule has 0 saturated carbocycles. The molecule has 0 saturated heterocycles. The van der Waals surface area contributed by atoms with Crippen molar-refractivity contribution in [1.29, 1.82) is 0 Å². The second-order valence-corrected chi connectivity index (χ2v) is 8.74. The summed E-state index contributed by atoms with van der Waals surface area (Å²) in [5, 5.41) is 13.5. The van der Waals surface area contributed by atoms with Gasteiger partial charge in [0.25, 0.3) is 0 Å². The van der Waals surface area contributed by atoms with E-state index in [-0.39, 0.29) is 6.42 Å². The summed E-state index contributed by atoms with van der Waals surface area (Å²) in [6.45, 7) is 4.22. The molecule has 1 aromatic heterocycles. The van der Waals surface area contributed by atoms with Gasteiger partial charge < -0.3 is 14.4 Å². The second-order valence-electron chi connectivity index (χ2n) is 8.74. The molecule has 4 rings (SSSR count). The highest BCUT2D eigenvalue weighted by Gasteiger charge is 2.18. The summed E-state index contributed by atoms with van der Waals surface area (Å²) in [6.07, 6.45) is 1.81. The maximum atomic E-state index is 11.2. The van der Waals surface area contributed by atoms with E-state index in [0.717, 1.165) is 57.9 Å². The van der Waals surface area contributed by atoms with Crippen molar-refractivity contribution in [2.75, 3.05) is 7.11 Å². The average molecular weight is 456 g/mol. The van der Waals surface area contributed by atoms with E-state index in [2.05, 4.69) is 24.2 Å². The Morgan fingerprint density at radius 3 is 2.32 bits per heavy atom. The van der Waals surface area contributed by atoms with Gasteiger partial charge in [-0.1, -0.05) is 72.7 Å². The maximum absolute atomic E-state index is 11.2. The Balaban J connectivity index is 1.53. The van der Waals surface area contributed by atoms with Crippen LogP contribution >= 0.6 is 0 Å². The molecule has 0 fully saturated rings. The van der Waals surface area contributed by atoms with Crippen molar-refractivity contribution in [3.63, 3.8) is 0 Å². The monoisotopic (exact) mass is 455 g/mol. The minimum Gasteiger partial charge on any atom is -0.497 e. The first-order chi connectivity index (χ1) is 16.4. The van der Waals surface area contributed by atoms with Gasteiger partial charge in [-0.3, -0.25) is 4.79 Å². The van der Waals surface area contributed by atoms with Gasteiger partial charge in [0.2, 0.25) is 0 Å². The van der Waals surface area contributed by atoms with Gasteiger partial charge in [-0.2, -0.15) is 0 Å². The van der Waals surface area contributed by atoms with E-state index in [4.69, 9.17) is 9.26 Å². The second kappa shape index (κ2) is 10.4. The van der Waals surface area contributed by atoms with Crippen LogP contribution in [0.25, 0.3) is 22.5 Å². The van der Waals surface area contributed by atoms with E-state index < -0.39 is 5.97 Å². The highest BCUT2D eigenvalue weighted by molar-refractivity contribution is 5.77. The predicted molar refractivity (Wildman–Crippen MR) is 133 cm³/mol. The summed E-state index contributed by atoms with van der Waals surface area (Å²) in [5.41, 5.74) is 6.98. The predicted octanol–water partition coefficient (Wildman–Crippen LogP) is 6.37. The molecule has 174 valence electrons. The molecule has 5 heteroatoms. The molecule has 0 aliphatic carbocycles. The van der Waals surface area contributed by atoms with E-state index in [1.54, 1.807) is 7.11 Å². The summed E-state index contributed by atoms with van der Waals surface area (Å²) in [5.74, 6) is 1.23. The van der Waals surface area contributed by atoms with Crippen LogP contribution in [-0.4, -0.2) is 23.3 Å². The number of hydrogen-bond acceptors (Lipinski definition) is 4. The zero-order valence-electron chi connectivity index (χ0n) is 19.7. The van der Waals surface area contributed by atoms with E-state index in [9.17, 15) is 9.90 Å². The number of benzene rings is 3.